The molecule has 1 atom stereocenters. The van der Waals surface area contributed by atoms with Gasteiger partial charge < -0.3 is 19.7 Å². The first-order valence-corrected chi connectivity index (χ1v) is 10.5. The number of nitrogens with one attached hydrogen (secondary N) is 1. The fraction of sp³-hybridized carbons (Fsp3) is 0.409. The minimum absolute atomic E-state index is 0.139. The van der Waals surface area contributed by atoms with Gasteiger partial charge in [0.05, 0.1) is 5.56 Å². The molecule has 1 amide bonds. The SMILES string of the molecule is O=C1CC[C@H](CCNCc2cc3c(cc2Cl)OCO3)N1Cc1cc(C(F)(F)F)ccc1F. The van der Waals surface area contributed by atoms with E-state index in [1.54, 1.807) is 12.1 Å². The van der Waals surface area contributed by atoms with Crippen molar-refractivity contribution in [2.75, 3.05) is 13.3 Å². The number of amides is 1. The molecule has 0 spiro atoms. The molecule has 172 valence electrons. The molecule has 10 heteroatoms. The van der Waals surface area contributed by atoms with Gasteiger partial charge in [-0.25, -0.2) is 4.39 Å². The Kier molecular flexibility index (Phi) is 6.48. The number of benzene rings is 2. The maximum absolute atomic E-state index is 14.1. The number of carbonyl (C=O) groups is 1. The first-order chi connectivity index (χ1) is 15.2. The zero-order valence-corrected chi connectivity index (χ0v) is 17.7. The van der Waals surface area contributed by atoms with Crippen molar-refractivity contribution in [2.24, 2.45) is 0 Å². The van der Waals surface area contributed by atoms with Crippen LogP contribution >= 0.6 is 11.6 Å². The summed E-state index contributed by atoms with van der Waals surface area (Å²) in [4.78, 5) is 13.8. The van der Waals surface area contributed by atoms with Crippen LogP contribution in [0.25, 0.3) is 0 Å². The predicted molar refractivity (Wildman–Crippen MR) is 109 cm³/mol. The molecule has 1 N–H and O–H groups in total. The van der Waals surface area contributed by atoms with E-state index in [2.05, 4.69) is 5.32 Å². The normalized spacial score (nSPS) is 18.0. The Morgan fingerprint density at radius 1 is 1.12 bits per heavy atom. The Morgan fingerprint density at radius 2 is 1.88 bits per heavy atom. The van der Waals surface area contributed by atoms with E-state index < -0.39 is 17.6 Å². The Balaban J connectivity index is 1.35. The molecule has 2 aliphatic heterocycles. The van der Waals surface area contributed by atoms with Crippen LogP contribution in [-0.4, -0.2) is 30.2 Å². The van der Waals surface area contributed by atoms with Gasteiger partial charge >= 0.3 is 6.18 Å². The number of alkyl halides is 3. The maximum Gasteiger partial charge on any atom is 0.416 e. The fourth-order valence-electron chi connectivity index (χ4n) is 3.95. The first kappa shape index (κ1) is 22.7. The predicted octanol–water partition coefficient (Wildman–Crippen LogP) is 4.90. The van der Waals surface area contributed by atoms with Crippen molar-refractivity contribution in [3.8, 4) is 11.5 Å². The second-order valence-electron chi connectivity index (χ2n) is 7.78. The van der Waals surface area contributed by atoms with E-state index in [1.165, 1.54) is 4.90 Å². The van der Waals surface area contributed by atoms with Crippen molar-refractivity contribution in [1.29, 1.82) is 0 Å². The fourth-order valence-corrected chi connectivity index (χ4v) is 4.17. The van der Waals surface area contributed by atoms with E-state index in [-0.39, 0.29) is 30.9 Å². The summed E-state index contributed by atoms with van der Waals surface area (Å²) in [5, 5.41) is 3.80. The molecule has 32 heavy (non-hydrogen) atoms. The summed E-state index contributed by atoms with van der Waals surface area (Å²) in [7, 11) is 0. The van der Waals surface area contributed by atoms with Gasteiger partial charge in [0, 0.05) is 42.2 Å². The molecule has 0 aliphatic carbocycles. The molecule has 2 aromatic rings. The summed E-state index contributed by atoms with van der Waals surface area (Å²) < 4.78 is 63.7. The average molecular weight is 473 g/mol. The van der Waals surface area contributed by atoms with Crippen LogP contribution in [-0.2, 0) is 24.1 Å². The van der Waals surface area contributed by atoms with Crippen molar-refractivity contribution < 1.29 is 31.8 Å². The number of fused-ring (bicyclic) bond motifs is 1. The van der Waals surface area contributed by atoms with Gasteiger partial charge in [-0.05, 0) is 49.2 Å². The van der Waals surface area contributed by atoms with Crippen molar-refractivity contribution >= 4 is 17.5 Å². The van der Waals surface area contributed by atoms with Gasteiger partial charge in [0.1, 0.15) is 5.82 Å². The van der Waals surface area contributed by atoms with E-state index in [0.717, 1.165) is 17.7 Å². The Morgan fingerprint density at radius 3 is 2.62 bits per heavy atom. The van der Waals surface area contributed by atoms with Crippen LogP contribution in [0.15, 0.2) is 30.3 Å². The number of ether oxygens (including phenoxy) is 2. The van der Waals surface area contributed by atoms with Crippen molar-refractivity contribution in [3.63, 3.8) is 0 Å². The van der Waals surface area contributed by atoms with Crippen molar-refractivity contribution in [3.05, 3.63) is 57.9 Å². The largest absolute Gasteiger partial charge is 0.454 e. The number of hydrogen-bond acceptors (Lipinski definition) is 4. The summed E-state index contributed by atoms with van der Waals surface area (Å²) in [6.45, 7) is 0.983. The van der Waals surface area contributed by atoms with Crippen LogP contribution in [0.4, 0.5) is 17.6 Å². The van der Waals surface area contributed by atoms with E-state index in [4.69, 9.17) is 21.1 Å². The molecule has 1 fully saturated rings. The molecular weight excluding hydrogens is 452 g/mol. The maximum atomic E-state index is 14.1. The van der Waals surface area contributed by atoms with Crippen LogP contribution < -0.4 is 14.8 Å². The number of nitrogens with zero attached hydrogens (tertiary/aromatic N) is 1. The van der Waals surface area contributed by atoms with Gasteiger partial charge in [0.2, 0.25) is 12.7 Å². The zero-order chi connectivity index (χ0) is 22.9. The number of rotatable bonds is 7. The third-order valence-corrected chi connectivity index (χ3v) is 6.03. The summed E-state index contributed by atoms with van der Waals surface area (Å²) in [6.07, 6.45) is -3.13. The number of halogens is 5. The van der Waals surface area contributed by atoms with Gasteiger partial charge in [0.15, 0.2) is 11.5 Å². The highest BCUT2D eigenvalue weighted by atomic mass is 35.5. The molecule has 0 aromatic heterocycles. The number of carbonyl (C=O) groups excluding carboxylic acids is 1. The lowest BCUT2D eigenvalue weighted by Gasteiger charge is -2.25. The molecule has 0 unspecified atom stereocenters. The monoisotopic (exact) mass is 472 g/mol. The molecule has 0 bridgehead atoms. The van der Waals surface area contributed by atoms with E-state index in [0.29, 0.717) is 54.9 Å². The van der Waals surface area contributed by atoms with Crippen LogP contribution in [0.5, 0.6) is 11.5 Å². The highest BCUT2D eigenvalue weighted by Gasteiger charge is 2.34. The third-order valence-electron chi connectivity index (χ3n) is 5.68. The molecule has 4 rings (SSSR count). The Bertz CT molecular complexity index is 1020. The van der Waals surface area contributed by atoms with Gasteiger partial charge in [-0.1, -0.05) is 11.6 Å². The summed E-state index contributed by atoms with van der Waals surface area (Å²) >= 11 is 6.26. The third kappa shape index (κ3) is 4.94. The Hall–Kier alpha value is -2.52. The van der Waals surface area contributed by atoms with E-state index in [1.807, 2.05) is 0 Å². The van der Waals surface area contributed by atoms with Crippen LogP contribution in [0, 0.1) is 5.82 Å². The van der Waals surface area contributed by atoms with Gasteiger partial charge in [-0.3, -0.25) is 4.79 Å². The molecule has 0 radical (unpaired) electrons. The van der Waals surface area contributed by atoms with Gasteiger partial charge in [-0.2, -0.15) is 13.2 Å². The van der Waals surface area contributed by atoms with E-state index >= 15 is 0 Å². The molecular formula is C22H21ClF4N2O3. The standard InChI is InChI=1S/C22H21ClF4N2O3/c23-17-9-20-19(31-12-32-20)8-13(17)10-28-6-5-16-2-4-21(30)29(16)11-14-7-15(22(25,26)27)1-3-18(14)24/h1,3,7-9,16,28H,2,4-6,10-12H2/t16-/m1/s1. The highest BCUT2D eigenvalue weighted by molar-refractivity contribution is 6.31. The lowest BCUT2D eigenvalue weighted by molar-refractivity contribution is -0.137. The zero-order valence-electron chi connectivity index (χ0n) is 17.0. The topological polar surface area (TPSA) is 50.8 Å². The quantitative estimate of drug-likeness (QED) is 0.460. The summed E-state index contributed by atoms with van der Waals surface area (Å²) in [5.74, 6) is 0.278. The lowest BCUT2D eigenvalue weighted by atomic mass is 10.1. The van der Waals surface area contributed by atoms with E-state index in [9.17, 15) is 22.4 Å². The minimum atomic E-state index is -4.57. The van der Waals surface area contributed by atoms with Crippen LogP contribution in [0.3, 0.4) is 0 Å². The second-order valence-corrected chi connectivity index (χ2v) is 8.19. The molecule has 5 nitrogen and oxygen atoms in total. The van der Waals surface area contributed by atoms with Gasteiger partial charge in [-0.15, -0.1) is 0 Å². The van der Waals surface area contributed by atoms with Crippen LogP contribution in [0.2, 0.25) is 5.02 Å². The Labute approximate surface area is 187 Å². The molecule has 1 saturated heterocycles. The van der Waals surface area contributed by atoms with Crippen molar-refractivity contribution in [2.45, 2.75) is 44.6 Å². The average Bonchev–Trinajstić information content (AvgIpc) is 3.32. The summed E-state index contributed by atoms with van der Waals surface area (Å²) in [5.41, 5.74) is -0.235. The summed E-state index contributed by atoms with van der Waals surface area (Å²) in [6, 6.07) is 5.59. The first-order valence-electron chi connectivity index (χ1n) is 10.2. The van der Waals surface area contributed by atoms with Crippen LogP contribution in [0.1, 0.15) is 36.0 Å². The second kappa shape index (κ2) is 9.15. The number of likely N-dealkylation sites (tertiary alicyclic amines) is 1. The molecule has 2 aliphatic rings. The van der Waals surface area contributed by atoms with Gasteiger partial charge in [0.25, 0.3) is 0 Å². The van der Waals surface area contributed by atoms with Crippen molar-refractivity contribution in [1.82, 2.24) is 10.2 Å². The smallest absolute Gasteiger partial charge is 0.416 e. The molecule has 2 aromatic carbocycles. The molecule has 0 saturated carbocycles. The minimum Gasteiger partial charge on any atom is -0.454 e. The highest BCUT2D eigenvalue weighted by Crippen LogP contribution is 2.37. The molecule has 2 heterocycles. The number of hydrogen-bond donors (Lipinski definition) is 1. The lowest BCUT2D eigenvalue weighted by Crippen LogP contribution is -2.35.